The summed E-state index contributed by atoms with van der Waals surface area (Å²) in [6.45, 7) is 9.25. The van der Waals surface area contributed by atoms with E-state index in [1.165, 1.54) is 27.8 Å². The van der Waals surface area contributed by atoms with Crippen LogP contribution >= 0.6 is 0 Å². The molecule has 0 aliphatic heterocycles. The summed E-state index contributed by atoms with van der Waals surface area (Å²) in [6, 6.07) is 10.7. The number of aromatic nitrogens is 3. The standard InChI is InChI=1S/C20H24N4/c1-4-24(13-17-7-9-21-10-8-17)14-19-12-22-23-20(19)18-6-5-15(2)16(3)11-18/h5-12H,4,13-14H2,1-3H3,(H,22,23). The second kappa shape index (κ2) is 7.41. The number of hydrogen-bond acceptors (Lipinski definition) is 3. The highest BCUT2D eigenvalue weighted by Gasteiger charge is 2.12. The molecule has 2 heterocycles. The monoisotopic (exact) mass is 320 g/mol. The van der Waals surface area contributed by atoms with Crippen LogP contribution in [0, 0.1) is 13.8 Å². The number of aromatic amines is 1. The number of H-pyrrole nitrogens is 1. The van der Waals surface area contributed by atoms with Gasteiger partial charge < -0.3 is 0 Å². The van der Waals surface area contributed by atoms with Crippen molar-refractivity contribution in [2.45, 2.75) is 33.9 Å². The summed E-state index contributed by atoms with van der Waals surface area (Å²) in [4.78, 5) is 6.50. The van der Waals surface area contributed by atoms with Crippen LogP contribution in [0.5, 0.6) is 0 Å². The molecule has 0 bridgehead atoms. The molecule has 3 rings (SSSR count). The molecule has 124 valence electrons. The van der Waals surface area contributed by atoms with E-state index in [0.717, 1.165) is 25.3 Å². The topological polar surface area (TPSA) is 44.8 Å². The van der Waals surface area contributed by atoms with Gasteiger partial charge in [0.1, 0.15) is 0 Å². The van der Waals surface area contributed by atoms with Crippen molar-refractivity contribution in [3.63, 3.8) is 0 Å². The number of nitrogens with zero attached hydrogens (tertiary/aromatic N) is 3. The normalized spacial score (nSPS) is 11.2. The molecule has 0 spiro atoms. The first-order chi connectivity index (χ1) is 11.7. The fraction of sp³-hybridized carbons (Fsp3) is 0.300. The van der Waals surface area contributed by atoms with E-state index in [9.17, 15) is 0 Å². The zero-order valence-electron chi connectivity index (χ0n) is 14.6. The molecule has 2 aromatic heterocycles. The number of aryl methyl sites for hydroxylation is 2. The number of benzene rings is 1. The Bertz CT molecular complexity index is 792. The van der Waals surface area contributed by atoms with Gasteiger partial charge in [-0.25, -0.2) is 0 Å². The second-order valence-electron chi connectivity index (χ2n) is 6.23. The molecular weight excluding hydrogens is 296 g/mol. The van der Waals surface area contributed by atoms with Gasteiger partial charge in [-0.3, -0.25) is 15.0 Å². The molecule has 0 atom stereocenters. The van der Waals surface area contributed by atoms with Crippen molar-refractivity contribution in [2.75, 3.05) is 6.54 Å². The number of hydrogen-bond donors (Lipinski definition) is 1. The maximum absolute atomic E-state index is 4.28. The van der Waals surface area contributed by atoms with E-state index in [4.69, 9.17) is 0 Å². The van der Waals surface area contributed by atoms with E-state index >= 15 is 0 Å². The quantitative estimate of drug-likeness (QED) is 0.743. The van der Waals surface area contributed by atoms with Gasteiger partial charge >= 0.3 is 0 Å². The third-order valence-corrected chi connectivity index (χ3v) is 4.51. The van der Waals surface area contributed by atoms with Crippen molar-refractivity contribution >= 4 is 0 Å². The van der Waals surface area contributed by atoms with Gasteiger partial charge in [-0.15, -0.1) is 0 Å². The highest BCUT2D eigenvalue weighted by atomic mass is 15.1. The maximum Gasteiger partial charge on any atom is 0.0695 e. The Balaban J connectivity index is 1.80. The van der Waals surface area contributed by atoms with Crippen molar-refractivity contribution in [1.29, 1.82) is 0 Å². The van der Waals surface area contributed by atoms with E-state index in [1.54, 1.807) is 0 Å². The summed E-state index contributed by atoms with van der Waals surface area (Å²) in [5.74, 6) is 0. The highest BCUT2D eigenvalue weighted by molar-refractivity contribution is 5.64. The van der Waals surface area contributed by atoms with E-state index in [2.05, 4.69) is 71.2 Å². The minimum Gasteiger partial charge on any atom is -0.295 e. The molecule has 0 saturated carbocycles. The van der Waals surface area contributed by atoms with Crippen molar-refractivity contribution in [3.05, 3.63) is 71.2 Å². The van der Waals surface area contributed by atoms with Gasteiger partial charge in [0.25, 0.3) is 0 Å². The molecule has 24 heavy (non-hydrogen) atoms. The van der Waals surface area contributed by atoms with Crippen LogP contribution in [0.15, 0.2) is 48.9 Å². The average molecular weight is 320 g/mol. The predicted octanol–water partition coefficient (Wildman–Crippen LogP) is 4.11. The first-order valence-corrected chi connectivity index (χ1v) is 8.38. The molecule has 4 nitrogen and oxygen atoms in total. The minimum atomic E-state index is 0.873. The summed E-state index contributed by atoms with van der Waals surface area (Å²) in [5.41, 5.74) is 7.44. The molecular formula is C20H24N4. The van der Waals surface area contributed by atoms with Crippen LogP contribution in [-0.2, 0) is 13.1 Å². The number of nitrogens with one attached hydrogen (secondary N) is 1. The highest BCUT2D eigenvalue weighted by Crippen LogP contribution is 2.25. The molecule has 4 heteroatoms. The minimum absolute atomic E-state index is 0.873. The van der Waals surface area contributed by atoms with Gasteiger partial charge in [-0.05, 0) is 55.3 Å². The summed E-state index contributed by atoms with van der Waals surface area (Å²) < 4.78 is 0. The Morgan fingerprint density at radius 3 is 2.50 bits per heavy atom. The summed E-state index contributed by atoms with van der Waals surface area (Å²) in [6.07, 6.45) is 5.64. The Morgan fingerprint density at radius 2 is 1.79 bits per heavy atom. The SMILES string of the molecule is CCN(Cc1ccncc1)Cc1cn[nH]c1-c1ccc(C)c(C)c1. The van der Waals surface area contributed by atoms with E-state index in [1.807, 2.05) is 18.6 Å². The van der Waals surface area contributed by atoms with Crippen LogP contribution in [0.2, 0.25) is 0 Å². The zero-order valence-corrected chi connectivity index (χ0v) is 14.6. The Kier molecular flexibility index (Phi) is 5.06. The molecule has 3 aromatic rings. The van der Waals surface area contributed by atoms with Crippen LogP contribution in [0.3, 0.4) is 0 Å². The molecule has 1 aromatic carbocycles. The smallest absolute Gasteiger partial charge is 0.0695 e. The fourth-order valence-corrected chi connectivity index (χ4v) is 2.84. The van der Waals surface area contributed by atoms with Crippen molar-refractivity contribution in [2.24, 2.45) is 0 Å². The van der Waals surface area contributed by atoms with Gasteiger partial charge in [0, 0.05) is 36.6 Å². The third-order valence-electron chi connectivity index (χ3n) is 4.51. The van der Waals surface area contributed by atoms with Gasteiger partial charge in [0.15, 0.2) is 0 Å². The van der Waals surface area contributed by atoms with Crippen LogP contribution in [-0.4, -0.2) is 26.6 Å². The first-order valence-electron chi connectivity index (χ1n) is 8.38. The number of rotatable bonds is 6. The Morgan fingerprint density at radius 1 is 1.00 bits per heavy atom. The molecule has 0 saturated heterocycles. The van der Waals surface area contributed by atoms with Gasteiger partial charge in [0.2, 0.25) is 0 Å². The van der Waals surface area contributed by atoms with Crippen molar-refractivity contribution < 1.29 is 0 Å². The van der Waals surface area contributed by atoms with Crippen LogP contribution in [0.25, 0.3) is 11.3 Å². The van der Waals surface area contributed by atoms with Gasteiger partial charge in [-0.1, -0.05) is 19.1 Å². The summed E-state index contributed by atoms with van der Waals surface area (Å²) in [7, 11) is 0. The number of pyridine rings is 1. The molecule has 0 aliphatic carbocycles. The van der Waals surface area contributed by atoms with Gasteiger partial charge in [0.05, 0.1) is 11.9 Å². The average Bonchev–Trinajstić information content (AvgIpc) is 3.06. The second-order valence-corrected chi connectivity index (χ2v) is 6.23. The molecule has 0 radical (unpaired) electrons. The van der Waals surface area contributed by atoms with Gasteiger partial charge in [-0.2, -0.15) is 5.10 Å². The lowest BCUT2D eigenvalue weighted by molar-refractivity contribution is 0.271. The van der Waals surface area contributed by atoms with Crippen LogP contribution in [0.4, 0.5) is 0 Å². The fourth-order valence-electron chi connectivity index (χ4n) is 2.84. The molecule has 0 amide bonds. The molecule has 1 N–H and O–H groups in total. The van der Waals surface area contributed by atoms with E-state index in [-0.39, 0.29) is 0 Å². The third kappa shape index (κ3) is 3.71. The van der Waals surface area contributed by atoms with Crippen molar-refractivity contribution in [3.8, 4) is 11.3 Å². The molecule has 0 aliphatic rings. The lowest BCUT2D eigenvalue weighted by Gasteiger charge is -2.20. The van der Waals surface area contributed by atoms with E-state index < -0.39 is 0 Å². The molecule has 0 unspecified atom stereocenters. The van der Waals surface area contributed by atoms with Crippen molar-refractivity contribution in [1.82, 2.24) is 20.1 Å². The van der Waals surface area contributed by atoms with Crippen LogP contribution < -0.4 is 0 Å². The van der Waals surface area contributed by atoms with Crippen LogP contribution in [0.1, 0.15) is 29.2 Å². The summed E-state index contributed by atoms with van der Waals surface area (Å²) in [5, 5.41) is 7.46. The largest absolute Gasteiger partial charge is 0.295 e. The molecule has 0 fully saturated rings. The Hall–Kier alpha value is -2.46. The predicted molar refractivity (Wildman–Crippen MR) is 97.5 cm³/mol. The zero-order chi connectivity index (χ0) is 16.9. The lowest BCUT2D eigenvalue weighted by atomic mass is 10.0. The first kappa shape index (κ1) is 16.4. The Labute approximate surface area is 143 Å². The van der Waals surface area contributed by atoms with E-state index in [0.29, 0.717) is 0 Å². The maximum atomic E-state index is 4.28. The summed E-state index contributed by atoms with van der Waals surface area (Å²) >= 11 is 0. The lowest BCUT2D eigenvalue weighted by Crippen LogP contribution is -2.22.